The Bertz CT molecular complexity index is 388. The molecular formula is C18H34N2O. The van der Waals surface area contributed by atoms with Gasteiger partial charge in [-0.05, 0) is 39.3 Å². The first-order valence-corrected chi connectivity index (χ1v) is 8.42. The minimum absolute atomic E-state index is 0.115. The van der Waals surface area contributed by atoms with Crippen molar-refractivity contribution in [3.63, 3.8) is 0 Å². The summed E-state index contributed by atoms with van der Waals surface area (Å²) in [6.07, 6.45) is 4.34. The Morgan fingerprint density at radius 2 is 1.86 bits per heavy atom. The molecule has 0 saturated carbocycles. The highest BCUT2D eigenvalue weighted by molar-refractivity contribution is 5.17. The Kier molecular flexibility index (Phi) is 7.47. The van der Waals surface area contributed by atoms with Crippen LogP contribution < -0.4 is 5.32 Å². The predicted molar refractivity (Wildman–Crippen MR) is 90.3 cm³/mol. The summed E-state index contributed by atoms with van der Waals surface area (Å²) in [7, 11) is 0. The lowest BCUT2D eigenvalue weighted by Gasteiger charge is -2.25. The first-order valence-electron chi connectivity index (χ1n) is 8.42. The smallest absolute Gasteiger partial charge is 0.122 e. The number of hydrogen-bond donors (Lipinski definition) is 1. The Morgan fingerprint density at radius 3 is 2.38 bits per heavy atom. The molecule has 1 rings (SSSR count). The second kappa shape index (κ2) is 8.60. The molecule has 1 aromatic rings. The van der Waals surface area contributed by atoms with E-state index in [0.29, 0.717) is 0 Å². The van der Waals surface area contributed by atoms with Crippen LogP contribution >= 0.6 is 0 Å². The third kappa shape index (κ3) is 6.66. The Morgan fingerprint density at radius 1 is 1.19 bits per heavy atom. The fourth-order valence-corrected chi connectivity index (χ4v) is 2.47. The molecule has 1 heterocycles. The van der Waals surface area contributed by atoms with Crippen LogP contribution in [-0.2, 0) is 13.1 Å². The van der Waals surface area contributed by atoms with Crippen molar-refractivity contribution in [2.75, 3.05) is 13.1 Å². The maximum Gasteiger partial charge on any atom is 0.122 e. The molecule has 0 aliphatic rings. The van der Waals surface area contributed by atoms with Crippen LogP contribution in [0, 0.1) is 5.92 Å². The van der Waals surface area contributed by atoms with Crippen molar-refractivity contribution in [2.24, 2.45) is 5.92 Å². The van der Waals surface area contributed by atoms with Gasteiger partial charge in [-0.25, -0.2) is 0 Å². The van der Waals surface area contributed by atoms with Crippen molar-refractivity contribution in [1.82, 2.24) is 10.2 Å². The molecule has 3 nitrogen and oxygen atoms in total. The molecule has 0 fully saturated rings. The molecule has 0 spiro atoms. The van der Waals surface area contributed by atoms with Gasteiger partial charge >= 0.3 is 0 Å². The van der Waals surface area contributed by atoms with Gasteiger partial charge in [0.1, 0.15) is 5.76 Å². The van der Waals surface area contributed by atoms with Crippen LogP contribution in [-0.4, -0.2) is 23.5 Å². The topological polar surface area (TPSA) is 28.4 Å². The zero-order chi connectivity index (χ0) is 15.9. The highest BCUT2D eigenvalue weighted by Gasteiger charge is 2.16. The molecule has 1 aromatic heterocycles. The largest absolute Gasteiger partial charge is 0.468 e. The molecule has 0 radical (unpaired) electrons. The average Bonchev–Trinajstić information content (AvgIpc) is 2.87. The van der Waals surface area contributed by atoms with E-state index < -0.39 is 0 Å². The standard InChI is InChI=1S/C18H34N2O/c1-7-15(8-2)13-20(9-3)14-16-10-11-21-17(16)12-19-18(4,5)6/h10-11,15,19H,7-9,12-14H2,1-6H3. The van der Waals surface area contributed by atoms with Crippen LogP contribution in [0.25, 0.3) is 0 Å². The highest BCUT2D eigenvalue weighted by atomic mass is 16.3. The molecule has 0 bridgehead atoms. The third-order valence-corrected chi connectivity index (χ3v) is 4.13. The molecule has 0 unspecified atom stereocenters. The normalized spacial score (nSPS) is 12.6. The summed E-state index contributed by atoms with van der Waals surface area (Å²) >= 11 is 0. The van der Waals surface area contributed by atoms with Crippen LogP contribution in [0.15, 0.2) is 16.7 Å². The molecule has 122 valence electrons. The van der Waals surface area contributed by atoms with Gasteiger partial charge in [0, 0.05) is 24.2 Å². The molecule has 3 heteroatoms. The van der Waals surface area contributed by atoms with Crippen molar-refractivity contribution in [3.8, 4) is 0 Å². The SMILES string of the molecule is CCC(CC)CN(CC)Cc1ccoc1CNC(C)(C)C. The molecule has 0 aliphatic heterocycles. The van der Waals surface area contributed by atoms with Crippen molar-refractivity contribution in [3.05, 3.63) is 23.7 Å². The zero-order valence-electron chi connectivity index (χ0n) is 14.8. The maximum atomic E-state index is 5.67. The molecule has 0 amide bonds. The molecular weight excluding hydrogens is 260 g/mol. The molecule has 0 aliphatic carbocycles. The van der Waals surface area contributed by atoms with Gasteiger partial charge in [-0.15, -0.1) is 0 Å². The molecule has 0 aromatic carbocycles. The van der Waals surface area contributed by atoms with Crippen LogP contribution in [0.1, 0.15) is 65.7 Å². The van der Waals surface area contributed by atoms with Gasteiger partial charge in [-0.1, -0.05) is 33.6 Å². The van der Waals surface area contributed by atoms with Crippen molar-refractivity contribution < 1.29 is 4.42 Å². The summed E-state index contributed by atoms with van der Waals surface area (Å²) < 4.78 is 5.67. The summed E-state index contributed by atoms with van der Waals surface area (Å²) in [5.41, 5.74) is 1.43. The summed E-state index contributed by atoms with van der Waals surface area (Å²) in [6.45, 7) is 17.4. The van der Waals surface area contributed by atoms with Gasteiger partial charge in [0.05, 0.1) is 12.8 Å². The quantitative estimate of drug-likeness (QED) is 0.730. The maximum absolute atomic E-state index is 5.67. The van der Waals surface area contributed by atoms with Crippen LogP contribution in [0.5, 0.6) is 0 Å². The Hall–Kier alpha value is -0.800. The van der Waals surface area contributed by atoms with E-state index in [9.17, 15) is 0 Å². The predicted octanol–water partition coefficient (Wildman–Crippen LogP) is 4.43. The molecule has 21 heavy (non-hydrogen) atoms. The lowest BCUT2D eigenvalue weighted by Crippen LogP contribution is -2.35. The Balaban J connectivity index is 2.62. The lowest BCUT2D eigenvalue weighted by molar-refractivity contribution is 0.224. The monoisotopic (exact) mass is 294 g/mol. The van der Waals surface area contributed by atoms with Gasteiger partial charge in [-0.2, -0.15) is 0 Å². The lowest BCUT2D eigenvalue weighted by atomic mass is 10.0. The average molecular weight is 294 g/mol. The van der Waals surface area contributed by atoms with Crippen molar-refractivity contribution in [2.45, 2.75) is 73.0 Å². The van der Waals surface area contributed by atoms with Crippen molar-refractivity contribution >= 4 is 0 Å². The van der Waals surface area contributed by atoms with Gasteiger partial charge in [-0.3, -0.25) is 4.90 Å². The number of nitrogens with one attached hydrogen (secondary N) is 1. The third-order valence-electron chi connectivity index (χ3n) is 4.13. The molecule has 0 saturated heterocycles. The van der Waals surface area contributed by atoms with Gasteiger partial charge in [0.2, 0.25) is 0 Å². The fourth-order valence-electron chi connectivity index (χ4n) is 2.47. The first kappa shape index (κ1) is 18.2. The number of furan rings is 1. The van der Waals surface area contributed by atoms with Crippen LogP contribution in [0.4, 0.5) is 0 Å². The molecule has 0 atom stereocenters. The highest BCUT2D eigenvalue weighted by Crippen LogP contribution is 2.17. The summed E-state index contributed by atoms with van der Waals surface area (Å²) in [4.78, 5) is 2.53. The van der Waals surface area contributed by atoms with Crippen LogP contribution in [0.3, 0.4) is 0 Å². The van der Waals surface area contributed by atoms with E-state index in [4.69, 9.17) is 4.42 Å². The van der Waals surface area contributed by atoms with E-state index in [2.05, 4.69) is 57.8 Å². The van der Waals surface area contributed by atoms with E-state index in [-0.39, 0.29) is 5.54 Å². The van der Waals surface area contributed by atoms with E-state index >= 15 is 0 Å². The van der Waals surface area contributed by atoms with Crippen molar-refractivity contribution in [1.29, 1.82) is 0 Å². The minimum Gasteiger partial charge on any atom is -0.468 e. The van der Waals surface area contributed by atoms with E-state index in [1.54, 1.807) is 0 Å². The summed E-state index contributed by atoms with van der Waals surface area (Å²) in [6, 6.07) is 2.12. The van der Waals surface area contributed by atoms with Crippen LogP contribution in [0.2, 0.25) is 0 Å². The second-order valence-corrected chi connectivity index (χ2v) is 6.98. The van der Waals surface area contributed by atoms with E-state index in [0.717, 1.165) is 31.3 Å². The first-order chi connectivity index (χ1) is 9.89. The Labute approximate surface area is 131 Å². The van der Waals surface area contributed by atoms with E-state index in [1.165, 1.54) is 24.9 Å². The second-order valence-electron chi connectivity index (χ2n) is 6.98. The van der Waals surface area contributed by atoms with Gasteiger partial charge < -0.3 is 9.73 Å². The number of hydrogen-bond acceptors (Lipinski definition) is 3. The van der Waals surface area contributed by atoms with Gasteiger partial charge in [0.15, 0.2) is 0 Å². The summed E-state index contributed by atoms with van der Waals surface area (Å²) in [5, 5.41) is 3.51. The fraction of sp³-hybridized carbons (Fsp3) is 0.778. The number of rotatable bonds is 9. The zero-order valence-corrected chi connectivity index (χ0v) is 14.8. The summed E-state index contributed by atoms with van der Waals surface area (Å²) in [5.74, 6) is 1.88. The van der Waals surface area contributed by atoms with Gasteiger partial charge in [0.25, 0.3) is 0 Å². The minimum atomic E-state index is 0.115. The van der Waals surface area contributed by atoms with E-state index in [1.807, 2.05) is 6.26 Å². The molecule has 1 N–H and O–H groups in total. The number of nitrogens with zero attached hydrogens (tertiary/aromatic N) is 1.